The maximum absolute atomic E-state index is 14.5. The van der Waals surface area contributed by atoms with Crippen LogP contribution in [0.2, 0.25) is 0 Å². The molecule has 3 aromatic rings. The van der Waals surface area contributed by atoms with Gasteiger partial charge in [-0.15, -0.1) is 0 Å². The third-order valence-corrected chi connectivity index (χ3v) is 7.56. The Morgan fingerprint density at radius 2 is 1.81 bits per heavy atom. The second kappa shape index (κ2) is 7.80. The molecule has 1 unspecified atom stereocenters. The van der Waals surface area contributed by atoms with Crippen molar-refractivity contribution in [3.05, 3.63) is 92.8 Å². The van der Waals surface area contributed by atoms with Crippen LogP contribution in [0.15, 0.2) is 76.1 Å². The number of ether oxygens (including phenoxy) is 2. The minimum atomic E-state index is -1.83. The average Bonchev–Trinajstić information content (AvgIpc) is 3.09. The van der Waals surface area contributed by atoms with Gasteiger partial charge in [0.05, 0.1) is 12.2 Å². The summed E-state index contributed by atoms with van der Waals surface area (Å²) in [5, 5.41) is 1.58. The Balaban J connectivity index is 1.79. The van der Waals surface area contributed by atoms with Crippen molar-refractivity contribution >= 4 is 55.8 Å². The van der Waals surface area contributed by atoms with Gasteiger partial charge in [0.15, 0.2) is 5.78 Å². The van der Waals surface area contributed by atoms with E-state index in [2.05, 4.69) is 15.9 Å². The maximum atomic E-state index is 14.5. The van der Waals surface area contributed by atoms with Gasteiger partial charge in [-0.3, -0.25) is 9.59 Å². The molecule has 1 spiro atoms. The van der Waals surface area contributed by atoms with Crippen molar-refractivity contribution in [2.75, 3.05) is 18.1 Å². The van der Waals surface area contributed by atoms with Crippen molar-refractivity contribution in [3.8, 4) is 0 Å². The zero-order chi connectivity index (χ0) is 25.4. The molecule has 2 N–H and O–H groups in total. The van der Waals surface area contributed by atoms with Crippen LogP contribution in [0.4, 0.5) is 5.69 Å². The summed E-state index contributed by atoms with van der Waals surface area (Å²) in [5.74, 6) is -1.70. The van der Waals surface area contributed by atoms with Crippen LogP contribution in [0.1, 0.15) is 35.3 Å². The monoisotopic (exact) mass is 544 g/mol. The van der Waals surface area contributed by atoms with E-state index >= 15 is 0 Å². The standard InChI is InChI=1S/C28H21BrN2O5/c1-3-31-19-12-11-15(29)13-18(19)28(27(31)34)21-23(32)16-9-5-7-14-8-6-10-17(20(14)16)24(21)36-25(30)22(28)26(33)35-4-2/h5-13H,3-4,30H2,1-2H3. The van der Waals surface area contributed by atoms with Crippen LogP contribution in [0, 0.1) is 0 Å². The molecule has 0 fully saturated rings. The van der Waals surface area contributed by atoms with Crippen molar-refractivity contribution in [2.45, 2.75) is 19.3 Å². The molecule has 6 rings (SSSR count). The number of carbonyl (C=O) groups excluding carboxylic acids is 3. The Hall–Kier alpha value is -3.91. The molecule has 7 nitrogen and oxygen atoms in total. The highest BCUT2D eigenvalue weighted by Gasteiger charge is 2.64. The molecule has 1 amide bonds. The van der Waals surface area contributed by atoms with Crippen LogP contribution in [0.5, 0.6) is 0 Å². The van der Waals surface area contributed by atoms with Gasteiger partial charge in [0, 0.05) is 38.8 Å². The summed E-state index contributed by atoms with van der Waals surface area (Å²) in [4.78, 5) is 43.8. The van der Waals surface area contributed by atoms with Gasteiger partial charge in [-0.2, -0.15) is 0 Å². The first-order valence-corrected chi connectivity index (χ1v) is 12.4. The van der Waals surface area contributed by atoms with Gasteiger partial charge in [-0.1, -0.05) is 52.3 Å². The number of rotatable bonds is 3. The molecule has 8 heteroatoms. The second-order valence-corrected chi connectivity index (χ2v) is 9.68. The van der Waals surface area contributed by atoms with E-state index in [9.17, 15) is 14.4 Å². The first kappa shape index (κ1) is 22.5. The zero-order valence-corrected chi connectivity index (χ0v) is 21.1. The molecule has 0 radical (unpaired) electrons. The SMILES string of the molecule is CCOC(=O)C1=C(N)OC2=C(C(=O)c3cccc4cccc2c34)C12C(=O)N(CC)c1ccc(Br)cc12. The van der Waals surface area contributed by atoms with Gasteiger partial charge in [-0.25, -0.2) is 4.79 Å². The highest BCUT2D eigenvalue weighted by atomic mass is 79.9. The molecule has 180 valence electrons. The molecule has 0 bridgehead atoms. The fourth-order valence-corrected chi connectivity index (χ4v) is 6.10. The minimum Gasteiger partial charge on any atom is -0.462 e. The number of likely N-dealkylation sites (N-methyl/N-ethyl adjacent to an activating group) is 1. The van der Waals surface area contributed by atoms with E-state index < -0.39 is 17.3 Å². The summed E-state index contributed by atoms with van der Waals surface area (Å²) in [6.45, 7) is 3.89. The van der Waals surface area contributed by atoms with Crippen molar-refractivity contribution in [2.24, 2.45) is 5.73 Å². The normalized spacial score (nSPS) is 20.1. The molecule has 3 aromatic carbocycles. The molecule has 0 saturated carbocycles. The highest BCUT2D eigenvalue weighted by molar-refractivity contribution is 9.10. The van der Waals surface area contributed by atoms with Crippen LogP contribution in [-0.4, -0.2) is 30.8 Å². The van der Waals surface area contributed by atoms with E-state index in [1.54, 1.807) is 36.1 Å². The minimum absolute atomic E-state index is 0.0602. The van der Waals surface area contributed by atoms with E-state index in [-0.39, 0.29) is 35.2 Å². The predicted molar refractivity (Wildman–Crippen MR) is 138 cm³/mol. The number of nitrogens with two attached hydrogens (primary N) is 1. The van der Waals surface area contributed by atoms with E-state index in [1.807, 2.05) is 37.3 Å². The quantitative estimate of drug-likeness (QED) is 0.484. The van der Waals surface area contributed by atoms with Crippen LogP contribution < -0.4 is 10.6 Å². The number of halogens is 1. The Bertz CT molecular complexity index is 1600. The van der Waals surface area contributed by atoms with E-state index in [1.165, 1.54) is 0 Å². The number of fused-ring (bicyclic) bond motifs is 4. The smallest absolute Gasteiger partial charge is 0.341 e. The van der Waals surface area contributed by atoms with E-state index in [0.717, 1.165) is 10.8 Å². The number of ketones is 1. The molecule has 1 atom stereocenters. The first-order valence-electron chi connectivity index (χ1n) is 11.6. The lowest BCUT2D eigenvalue weighted by Gasteiger charge is -2.39. The van der Waals surface area contributed by atoms with Crippen LogP contribution in [0.25, 0.3) is 16.5 Å². The number of esters is 1. The van der Waals surface area contributed by atoms with E-state index in [0.29, 0.717) is 33.4 Å². The van der Waals surface area contributed by atoms with E-state index in [4.69, 9.17) is 15.2 Å². The van der Waals surface area contributed by atoms with Gasteiger partial charge < -0.3 is 20.1 Å². The fourth-order valence-electron chi connectivity index (χ4n) is 5.73. The van der Waals surface area contributed by atoms with Crippen LogP contribution in [0.3, 0.4) is 0 Å². The molecule has 36 heavy (non-hydrogen) atoms. The third-order valence-electron chi connectivity index (χ3n) is 7.07. The third kappa shape index (κ3) is 2.65. The number of nitrogens with zero attached hydrogens (tertiary/aromatic N) is 1. The van der Waals surface area contributed by atoms with Crippen molar-refractivity contribution in [1.29, 1.82) is 0 Å². The number of benzene rings is 3. The highest BCUT2D eigenvalue weighted by Crippen LogP contribution is 2.58. The Morgan fingerprint density at radius 1 is 1.08 bits per heavy atom. The van der Waals surface area contributed by atoms with Gasteiger partial charge in [0.25, 0.3) is 0 Å². The number of hydrogen-bond acceptors (Lipinski definition) is 6. The van der Waals surface area contributed by atoms with Crippen LogP contribution >= 0.6 is 15.9 Å². The van der Waals surface area contributed by atoms with Gasteiger partial charge in [0.1, 0.15) is 16.7 Å². The molecule has 3 aliphatic rings. The summed E-state index contributed by atoms with van der Waals surface area (Å²) in [5.41, 5.74) is 6.66. The summed E-state index contributed by atoms with van der Waals surface area (Å²) < 4.78 is 12.1. The first-order chi connectivity index (χ1) is 17.4. The summed E-state index contributed by atoms with van der Waals surface area (Å²) in [6, 6.07) is 16.4. The molecule has 0 aromatic heterocycles. The number of anilines is 1. The van der Waals surface area contributed by atoms with Crippen molar-refractivity contribution < 1.29 is 23.9 Å². The molecule has 2 aliphatic heterocycles. The number of amides is 1. The lowest BCUT2D eigenvalue weighted by atomic mass is 9.64. The molecule has 1 aliphatic carbocycles. The lowest BCUT2D eigenvalue weighted by Crippen LogP contribution is -2.51. The van der Waals surface area contributed by atoms with Gasteiger partial charge in [0.2, 0.25) is 11.8 Å². The molecule has 0 saturated heterocycles. The number of carbonyl (C=O) groups is 3. The Labute approximate surface area is 215 Å². The lowest BCUT2D eigenvalue weighted by molar-refractivity contribution is -0.140. The largest absolute Gasteiger partial charge is 0.462 e. The maximum Gasteiger partial charge on any atom is 0.341 e. The van der Waals surface area contributed by atoms with Gasteiger partial charge >= 0.3 is 5.97 Å². The zero-order valence-electron chi connectivity index (χ0n) is 19.6. The Kier molecular flexibility index (Phi) is 4.88. The molecular formula is C28H21BrN2O5. The molecule has 2 heterocycles. The van der Waals surface area contributed by atoms with Crippen LogP contribution in [-0.2, 0) is 24.5 Å². The van der Waals surface area contributed by atoms with Crippen molar-refractivity contribution in [1.82, 2.24) is 0 Å². The topological polar surface area (TPSA) is 98.9 Å². The summed E-state index contributed by atoms with van der Waals surface area (Å²) in [6.07, 6.45) is 0. The fraction of sp³-hybridized carbons (Fsp3) is 0.179. The summed E-state index contributed by atoms with van der Waals surface area (Å²) >= 11 is 3.51. The number of Topliss-reactive ketones (excluding diaryl/α,β-unsaturated/α-hetero) is 1. The van der Waals surface area contributed by atoms with Crippen molar-refractivity contribution in [3.63, 3.8) is 0 Å². The molecular weight excluding hydrogens is 524 g/mol. The average molecular weight is 545 g/mol. The van der Waals surface area contributed by atoms with Gasteiger partial charge in [-0.05, 0) is 37.4 Å². The summed E-state index contributed by atoms with van der Waals surface area (Å²) in [7, 11) is 0. The number of hydrogen-bond donors (Lipinski definition) is 1. The predicted octanol–water partition coefficient (Wildman–Crippen LogP) is 4.58. The Morgan fingerprint density at radius 3 is 2.50 bits per heavy atom. The second-order valence-electron chi connectivity index (χ2n) is 8.77.